The van der Waals surface area contributed by atoms with E-state index in [0.29, 0.717) is 17.8 Å². The Bertz CT molecular complexity index is 484. The van der Waals surface area contributed by atoms with Crippen molar-refractivity contribution in [1.82, 2.24) is 9.55 Å². The molecule has 1 atom stereocenters. The number of nitrogens with two attached hydrogens (primary N) is 1. The molecule has 1 unspecified atom stereocenters. The number of aliphatic hydroxyl groups is 1. The second-order valence-corrected chi connectivity index (χ2v) is 7.45. The standard InChI is InChI=1S/C16H25N3O/c1-19-3-2-18-15(19)16(20,9-17)14-12-5-10-4-11(7-12)8-13(14)6-10/h2-3,10-14,20H,4-9,17H2,1H3. The lowest BCUT2D eigenvalue weighted by molar-refractivity contribution is -0.147. The number of imidazole rings is 1. The van der Waals surface area contributed by atoms with Gasteiger partial charge in [-0.2, -0.15) is 0 Å². The fourth-order valence-electron chi connectivity index (χ4n) is 5.86. The summed E-state index contributed by atoms with van der Waals surface area (Å²) in [6.45, 7) is 0.283. The summed E-state index contributed by atoms with van der Waals surface area (Å²) in [5, 5.41) is 11.4. The van der Waals surface area contributed by atoms with E-state index >= 15 is 0 Å². The molecule has 1 aromatic rings. The molecule has 4 heteroatoms. The third-order valence-corrected chi connectivity index (χ3v) is 6.30. The lowest BCUT2D eigenvalue weighted by Crippen LogP contribution is -2.57. The van der Waals surface area contributed by atoms with Crippen LogP contribution in [0.15, 0.2) is 12.4 Å². The Morgan fingerprint density at radius 1 is 1.25 bits per heavy atom. The maximum absolute atomic E-state index is 11.4. The van der Waals surface area contributed by atoms with Gasteiger partial charge in [-0.05, 0) is 55.8 Å². The number of nitrogens with zero attached hydrogens (tertiary/aromatic N) is 2. The van der Waals surface area contributed by atoms with Crippen molar-refractivity contribution in [3.05, 3.63) is 18.2 Å². The quantitative estimate of drug-likeness (QED) is 0.881. The van der Waals surface area contributed by atoms with Crippen molar-refractivity contribution < 1.29 is 5.11 Å². The van der Waals surface area contributed by atoms with E-state index in [2.05, 4.69) is 4.98 Å². The molecule has 0 amide bonds. The molecule has 4 fully saturated rings. The van der Waals surface area contributed by atoms with Crippen LogP contribution in [-0.4, -0.2) is 21.2 Å². The third-order valence-electron chi connectivity index (χ3n) is 6.30. The summed E-state index contributed by atoms with van der Waals surface area (Å²) in [5.74, 6) is 4.20. The summed E-state index contributed by atoms with van der Waals surface area (Å²) in [5.41, 5.74) is 5.10. The van der Waals surface area contributed by atoms with Crippen LogP contribution in [-0.2, 0) is 12.6 Å². The van der Waals surface area contributed by atoms with Crippen LogP contribution in [0.3, 0.4) is 0 Å². The molecule has 3 N–H and O–H groups in total. The largest absolute Gasteiger partial charge is 0.380 e. The first-order chi connectivity index (χ1) is 9.61. The maximum atomic E-state index is 11.4. The normalized spacial score (nSPS) is 41.9. The SMILES string of the molecule is Cn1ccnc1C(O)(CN)C1C2CC3CC(C2)CC1C3. The van der Waals surface area contributed by atoms with Crippen molar-refractivity contribution in [3.63, 3.8) is 0 Å². The Morgan fingerprint density at radius 2 is 1.85 bits per heavy atom. The summed E-state index contributed by atoms with van der Waals surface area (Å²) in [4.78, 5) is 4.42. The highest BCUT2D eigenvalue weighted by molar-refractivity contribution is 5.14. The van der Waals surface area contributed by atoms with Gasteiger partial charge in [-0.15, -0.1) is 0 Å². The van der Waals surface area contributed by atoms with Gasteiger partial charge in [0.05, 0.1) is 0 Å². The number of rotatable bonds is 3. The average molecular weight is 275 g/mol. The molecule has 0 saturated heterocycles. The zero-order valence-electron chi connectivity index (χ0n) is 12.2. The molecule has 0 spiro atoms. The van der Waals surface area contributed by atoms with Crippen molar-refractivity contribution in [3.8, 4) is 0 Å². The zero-order valence-corrected chi connectivity index (χ0v) is 12.2. The average Bonchev–Trinajstić information content (AvgIpc) is 2.84. The van der Waals surface area contributed by atoms with Gasteiger partial charge in [0, 0.05) is 31.9 Å². The van der Waals surface area contributed by atoms with E-state index in [1.807, 2.05) is 17.8 Å². The summed E-state index contributed by atoms with van der Waals surface area (Å²) in [6, 6.07) is 0. The molecular weight excluding hydrogens is 250 g/mol. The lowest BCUT2D eigenvalue weighted by Gasteiger charge is -2.58. The molecule has 4 aliphatic carbocycles. The van der Waals surface area contributed by atoms with Crippen LogP contribution >= 0.6 is 0 Å². The Morgan fingerprint density at radius 3 is 2.30 bits per heavy atom. The first-order valence-corrected chi connectivity index (χ1v) is 8.02. The highest BCUT2D eigenvalue weighted by Crippen LogP contribution is 2.60. The highest BCUT2D eigenvalue weighted by atomic mass is 16.3. The van der Waals surface area contributed by atoms with E-state index in [4.69, 9.17) is 5.73 Å². The second kappa shape index (κ2) is 4.31. The van der Waals surface area contributed by atoms with Crippen LogP contribution in [0.1, 0.15) is 37.9 Å². The molecule has 20 heavy (non-hydrogen) atoms. The molecule has 0 aromatic carbocycles. The Kier molecular flexibility index (Phi) is 2.77. The van der Waals surface area contributed by atoms with E-state index in [0.717, 1.165) is 17.7 Å². The summed E-state index contributed by atoms with van der Waals surface area (Å²) < 4.78 is 1.94. The molecule has 4 bridgehead atoms. The van der Waals surface area contributed by atoms with Crippen molar-refractivity contribution >= 4 is 0 Å². The smallest absolute Gasteiger partial charge is 0.142 e. The van der Waals surface area contributed by atoms with Crippen molar-refractivity contribution in [2.24, 2.45) is 42.4 Å². The van der Waals surface area contributed by atoms with E-state index < -0.39 is 5.60 Å². The first-order valence-electron chi connectivity index (χ1n) is 8.02. The fraction of sp³-hybridized carbons (Fsp3) is 0.812. The van der Waals surface area contributed by atoms with E-state index in [1.54, 1.807) is 6.20 Å². The third kappa shape index (κ3) is 1.64. The summed E-state index contributed by atoms with van der Waals surface area (Å²) >= 11 is 0. The van der Waals surface area contributed by atoms with Gasteiger partial charge in [0.25, 0.3) is 0 Å². The Hall–Kier alpha value is -0.870. The fourth-order valence-corrected chi connectivity index (χ4v) is 5.86. The first kappa shape index (κ1) is 12.8. The van der Waals surface area contributed by atoms with Gasteiger partial charge < -0.3 is 15.4 Å². The van der Waals surface area contributed by atoms with Crippen LogP contribution in [0.5, 0.6) is 0 Å². The summed E-state index contributed by atoms with van der Waals surface area (Å²) in [6.07, 6.45) is 10.3. The van der Waals surface area contributed by atoms with Crippen LogP contribution in [0.25, 0.3) is 0 Å². The van der Waals surface area contributed by atoms with E-state index in [1.165, 1.54) is 32.1 Å². The minimum absolute atomic E-state index is 0.283. The topological polar surface area (TPSA) is 64.1 Å². The van der Waals surface area contributed by atoms with Crippen LogP contribution < -0.4 is 5.73 Å². The predicted octanol–water partition coefficient (Wildman–Crippen LogP) is 1.64. The molecule has 4 nitrogen and oxygen atoms in total. The second-order valence-electron chi connectivity index (χ2n) is 7.45. The minimum Gasteiger partial charge on any atom is -0.380 e. The molecule has 0 aliphatic heterocycles. The summed E-state index contributed by atoms with van der Waals surface area (Å²) in [7, 11) is 1.96. The van der Waals surface area contributed by atoms with Gasteiger partial charge in [-0.25, -0.2) is 4.98 Å². The number of aryl methyl sites for hydroxylation is 1. The number of hydrogen-bond donors (Lipinski definition) is 2. The number of aromatic nitrogens is 2. The predicted molar refractivity (Wildman–Crippen MR) is 76.7 cm³/mol. The van der Waals surface area contributed by atoms with Gasteiger partial charge >= 0.3 is 0 Å². The molecule has 5 rings (SSSR count). The Labute approximate surface area is 120 Å². The van der Waals surface area contributed by atoms with Gasteiger partial charge in [-0.1, -0.05) is 0 Å². The molecule has 1 heterocycles. The van der Waals surface area contributed by atoms with Crippen LogP contribution in [0.4, 0.5) is 0 Å². The lowest BCUT2D eigenvalue weighted by atomic mass is 9.48. The maximum Gasteiger partial charge on any atom is 0.142 e. The Balaban J connectivity index is 1.73. The number of hydrogen-bond acceptors (Lipinski definition) is 3. The van der Waals surface area contributed by atoms with Gasteiger partial charge in [0.15, 0.2) is 0 Å². The molecule has 4 saturated carbocycles. The molecule has 110 valence electrons. The van der Waals surface area contributed by atoms with Crippen molar-refractivity contribution in [2.75, 3.05) is 6.54 Å². The van der Waals surface area contributed by atoms with Gasteiger partial charge in [0.1, 0.15) is 11.4 Å². The highest BCUT2D eigenvalue weighted by Gasteiger charge is 2.56. The zero-order chi connectivity index (χ0) is 13.9. The molecular formula is C16H25N3O. The molecule has 1 aromatic heterocycles. The van der Waals surface area contributed by atoms with Gasteiger partial charge in [-0.3, -0.25) is 0 Å². The molecule has 0 radical (unpaired) electrons. The van der Waals surface area contributed by atoms with Gasteiger partial charge in [0.2, 0.25) is 0 Å². The van der Waals surface area contributed by atoms with E-state index in [-0.39, 0.29) is 6.54 Å². The van der Waals surface area contributed by atoms with Crippen LogP contribution in [0, 0.1) is 29.6 Å². The van der Waals surface area contributed by atoms with Crippen LogP contribution in [0.2, 0.25) is 0 Å². The monoisotopic (exact) mass is 275 g/mol. The minimum atomic E-state index is -0.944. The van der Waals surface area contributed by atoms with E-state index in [9.17, 15) is 5.11 Å². The molecule has 4 aliphatic rings. The van der Waals surface area contributed by atoms with Crippen molar-refractivity contribution in [1.29, 1.82) is 0 Å². The van der Waals surface area contributed by atoms with Crippen molar-refractivity contribution in [2.45, 2.75) is 37.7 Å².